The molecule has 0 unspecified atom stereocenters. The third kappa shape index (κ3) is 5.32. The Balaban J connectivity index is 1.46. The zero-order chi connectivity index (χ0) is 25.9. The number of pyridine rings is 1. The van der Waals surface area contributed by atoms with Crippen molar-refractivity contribution in [3.8, 4) is 5.69 Å². The average Bonchev–Trinajstić information content (AvgIpc) is 3.48. The lowest BCUT2D eigenvalue weighted by Crippen LogP contribution is -2.33. The number of aromatic nitrogens is 2. The molecule has 3 heterocycles. The molecule has 0 aliphatic carbocycles. The van der Waals surface area contributed by atoms with Gasteiger partial charge in [0.25, 0.3) is 0 Å². The van der Waals surface area contributed by atoms with Crippen molar-refractivity contribution in [3.63, 3.8) is 0 Å². The number of carbonyl (C=O) groups is 1. The van der Waals surface area contributed by atoms with Crippen LogP contribution in [0.5, 0.6) is 0 Å². The Morgan fingerprint density at radius 2 is 1.89 bits per heavy atom. The van der Waals surface area contributed by atoms with Crippen molar-refractivity contribution in [2.75, 3.05) is 11.9 Å². The van der Waals surface area contributed by atoms with Crippen LogP contribution in [-0.2, 0) is 4.79 Å². The number of nitrogens with zero attached hydrogens (tertiary/aromatic N) is 3. The molecule has 5 rings (SSSR count). The van der Waals surface area contributed by atoms with Gasteiger partial charge in [-0.1, -0.05) is 41.4 Å². The fraction of sp³-hybridized carbons (Fsp3) is 0.148. The van der Waals surface area contributed by atoms with Crippen molar-refractivity contribution >= 4 is 52.1 Å². The van der Waals surface area contributed by atoms with Crippen molar-refractivity contribution in [2.24, 2.45) is 0 Å². The molecule has 4 aromatic rings. The maximum Gasteiger partial charge on any atom is 0.226 e. The third-order valence-corrected chi connectivity index (χ3v) is 7.07. The fourth-order valence-corrected chi connectivity index (χ4v) is 5.33. The number of nitrogens with one attached hydrogen (secondary N) is 2. The highest BCUT2D eigenvalue weighted by molar-refractivity contribution is 7.80. The van der Waals surface area contributed by atoms with Gasteiger partial charge in [0.05, 0.1) is 34.2 Å². The van der Waals surface area contributed by atoms with Gasteiger partial charge in [0, 0.05) is 36.1 Å². The Kier molecular flexibility index (Phi) is 7.41. The zero-order valence-electron chi connectivity index (χ0n) is 19.4. The van der Waals surface area contributed by atoms with E-state index in [-0.39, 0.29) is 30.1 Å². The van der Waals surface area contributed by atoms with E-state index in [1.54, 1.807) is 30.5 Å². The predicted molar refractivity (Wildman–Crippen MR) is 148 cm³/mol. The fourth-order valence-electron chi connectivity index (χ4n) is 4.50. The topological polar surface area (TPSA) is 62.2 Å². The minimum atomic E-state index is -0.486. The van der Waals surface area contributed by atoms with Gasteiger partial charge in [0.1, 0.15) is 5.82 Å². The van der Waals surface area contributed by atoms with Crippen LogP contribution in [0.15, 0.2) is 85.2 Å². The van der Waals surface area contributed by atoms with Crippen LogP contribution in [0.4, 0.5) is 10.1 Å². The van der Waals surface area contributed by atoms with Crippen LogP contribution >= 0.6 is 35.4 Å². The van der Waals surface area contributed by atoms with E-state index < -0.39 is 5.82 Å². The summed E-state index contributed by atoms with van der Waals surface area (Å²) in [5.41, 5.74) is 2.62. The summed E-state index contributed by atoms with van der Waals surface area (Å²) in [5.74, 6) is -0.802. The van der Waals surface area contributed by atoms with Gasteiger partial charge in [-0.3, -0.25) is 9.78 Å². The van der Waals surface area contributed by atoms with Crippen molar-refractivity contribution in [1.29, 1.82) is 0 Å². The van der Waals surface area contributed by atoms with Crippen molar-refractivity contribution in [2.45, 2.75) is 18.5 Å². The summed E-state index contributed by atoms with van der Waals surface area (Å²) in [5, 5.41) is 7.56. The first-order valence-corrected chi connectivity index (χ1v) is 12.7. The number of amides is 1. The quantitative estimate of drug-likeness (QED) is 0.262. The Bertz CT molecular complexity index is 1450. The third-order valence-electron chi connectivity index (χ3n) is 6.18. The summed E-state index contributed by atoms with van der Waals surface area (Å²) in [4.78, 5) is 19.2. The second-order valence-corrected chi connectivity index (χ2v) is 9.73. The van der Waals surface area contributed by atoms with Gasteiger partial charge in [0.2, 0.25) is 5.91 Å². The van der Waals surface area contributed by atoms with Crippen molar-refractivity contribution in [1.82, 2.24) is 19.8 Å². The van der Waals surface area contributed by atoms with Crippen LogP contribution in [0.3, 0.4) is 0 Å². The van der Waals surface area contributed by atoms with Crippen LogP contribution in [0.1, 0.15) is 29.9 Å². The summed E-state index contributed by atoms with van der Waals surface area (Å²) in [6.07, 6.45) is 3.76. The van der Waals surface area contributed by atoms with Gasteiger partial charge >= 0.3 is 0 Å². The lowest BCUT2D eigenvalue weighted by atomic mass is 10.0. The van der Waals surface area contributed by atoms with Crippen molar-refractivity contribution < 1.29 is 9.18 Å². The number of anilines is 1. The van der Waals surface area contributed by atoms with Gasteiger partial charge < -0.3 is 20.1 Å². The zero-order valence-corrected chi connectivity index (χ0v) is 21.8. The first-order valence-electron chi connectivity index (χ1n) is 11.6. The largest absolute Gasteiger partial charge is 0.352 e. The normalized spacial score (nSPS) is 17.1. The molecule has 188 valence electrons. The Morgan fingerprint density at radius 3 is 2.65 bits per heavy atom. The maximum atomic E-state index is 14.0. The number of carbonyl (C=O) groups excluding carboxylic acids is 1. The standard InChI is InChI=1S/C27H22Cl2FN5OS/c28-17-10-11-22(18(29)16-17)34-14-5-9-23(34)26-25(21-8-3-4-13-31-21)33-27(37)35(26)15-12-24(36)32-20-7-2-1-6-19(20)30/h1-11,13-14,16,25-26H,12,15H2,(H,32,36)(H,33,37)/t25-,26-/m0/s1. The number of hydrogen-bond acceptors (Lipinski definition) is 3. The molecule has 37 heavy (non-hydrogen) atoms. The monoisotopic (exact) mass is 553 g/mol. The summed E-state index contributed by atoms with van der Waals surface area (Å²) in [6.45, 7) is 0.305. The summed E-state index contributed by atoms with van der Waals surface area (Å²) in [7, 11) is 0. The van der Waals surface area contributed by atoms with Crippen LogP contribution in [-0.4, -0.2) is 32.0 Å². The predicted octanol–water partition coefficient (Wildman–Crippen LogP) is 6.32. The van der Waals surface area contributed by atoms with Crippen LogP contribution in [0.2, 0.25) is 10.0 Å². The SMILES string of the molecule is O=C(CCN1C(=S)N[C@@H](c2ccccn2)[C@@H]1c1cccn1-c1ccc(Cl)cc1Cl)Nc1ccccc1F. The molecule has 0 spiro atoms. The number of halogens is 3. The second kappa shape index (κ2) is 10.9. The van der Waals surface area contributed by atoms with E-state index in [2.05, 4.69) is 15.6 Å². The highest BCUT2D eigenvalue weighted by Crippen LogP contribution is 2.40. The Morgan fingerprint density at radius 1 is 1.08 bits per heavy atom. The van der Waals surface area contributed by atoms with E-state index in [1.807, 2.05) is 52.1 Å². The average molecular weight is 554 g/mol. The van der Waals surface area contributed by atoms with E-state index in [0.29, 0.717) is 21.7 Å². The highest BCUT2D eigenvalue weighted by atomic mass is 35.5. The first kappa shape index (κ1) is 25.2. The lowest BCUT2D eigenvalue weighted by molar-refractivity contribution is -0.116. The molecule has 1 fully saturated rings. The molecule has 1 aliphatic rings. The second-order valence-electron chi connectivity index (χ2n) is 8.50. The van der Waals surface area contributed by atoms with E-state index >= 15 is 0 Å². The summed E-state index contributed by atoms with van der Waals surface area (Å²) >= 11 is 18.4. The molecule has 0 radical (unpaired) electrons. The molecule has 1 saturated heterocycles. The summed E-state index contributed by atoms with van der Waals surface area (Å²) < 4.78 is 16.0. The maximum absolute atomic E-state index is 14.0. The van der Waals surface area contributed by atoms with Crippen LogP contribution in [0.25, 0.3) is 5.69 Å². The molecule has 2 atom stereocenters. The molecule has 1 aliphatic heterocycles. The van der Waals surface area contributed by atoms with E-state index in [0.717, 1.165) is 17.1 Å². The number of thiocarbonyl (C=S) groups is 1. The highest BCUT2D eigenvalue weighted by Gasteiger charge is 2.41. The first-order chi connectivity index (χ1) is 17.9. The molecule has 0 saturated carbocycles. The number of para-hydroxylation sites is 1. The lowest BCUT2D eigenvalue weighted by Gasteiger charge is -2.29. The molecular weight excluding hydrogens is 532 g/mol. The van der Waals surface area contributed by atoms with E-state index in [4.69, 9.17) is 35.4 Å². The van der Waals surface area contributed by atoms with Crippen molar-refractivity contribution in [3.05, 3.63) is 112 Å². The minimum absolute atomic E-state index is 0.101. The number of rotatable bonds is 7. The number of hydrogen-bond donors (Lipinski definition) is 2. The van der Waals surface area contributed by atoms with Gasteiger partial charge in [-0.15, -0.1) is 0 Å². The summed E-state index contributed by atoms with van der Waals surface area (Å²) in [6, 6.07) is 20.5. The molecule has 10 heteroatoms. The number of benzene rings is 2. The Labute approximate surface area is 229 Å². The molecule has 1 amide bonds. The van der Waals surface area contributed by atoms with Gasteiger partial charge in [-0.25, -0.2) is 4.39 Å². The van der Waals surface area contributed by atoms with Crippen LogP contribution in [0, 0.1) is 5.82 Å². The molecule has 6 nitrogen and oxygen atoms in total. The van der Waals surface area contributed by atoms with Gasteiger partial charge in [-0.05, 0) is 66.8 Å². The molecule has 2 N–H and O–H groups in total. The molecule has 0 bridgehead atoms. The smallest absolute Gasteiger partial charge is 0.226 e. The molecular formula is C27H22Cl2FN5OS. The molecule has 2 aromatic heterocycles. The minimum Gasteiger partial charge on any atom is -0.352 e. The van der Waals surface area contributed by atoms with Gasteiger partial charge in [-0.2, -0.15) is 0 Å². The van der Waals surface area contributed by atoms with Gasteiger partial charge in [0.15, 0.2) is 5.11 Å². The Hall–Kier alpha value is -3.46. The van der Waals surface area contributed by atoms with E-state index in [1.165, 1.54) is 12.1 Å². The molecule has 2 aromatic carbocycles. The van der Waals surface area contributed by atoms with E-state index in [9.17, 15) is 9.18 Å². The van der Waals surface area contributed by atoms with Crippen LogP contribution < -0.4 is 10.6 Å².